The molecule has 1 aliphatic rings. The molecule has 0 amide bonds. The van der Waals surface area contributed by atoms with Crippen LogP contribution in [0.4, 0.5) is 0 Å². The molecule has 88 valence electrons. The Morgan fingerprint density at radius 1 is 1.31 bits per heavy atom. The highest BCUT2D eigenvalue weighted by Crippen LogP contribution is 2.36. The Labute approximate surface area is 98.0 Å². The fraction of sp³-hybridized carbons (Fsp3) is 0.571. The first kappa shape index (κ1) is 11.5. The number of rotatable bonds is 4. The maximum Gasteiger partial charge on any atom is 0.124 e. The Morgan fingerprint density at radius 2 is 2.12 bits per heavy atom. The fourth-order valence-electron chi connectivity index (χ4n) is 2.59. The van der Waals surface area contributed by atoms with Crippen LogP contribution in [0.1, 0.15) is 38.3 Å². The van der Waals surface area contributed by atoms with Gasteiger partial charge in [0.1, 0.15) is 5.75 Å². The van der Waals surface area contributed by atoms with Gasteiger partial charge in [0, 0.05) is 11.6 Å². The molecule has 0 saturated carbocycles. The molecule has 2 heteroatoms. The zero-order chi connectivity index (χ0) is 11.4. The Bertz CT molecular complexity index is 337. The van der Waals surface area contributed by atoms with Gasteiger partial charge in [-0.3, -0.25) is 0 Å². The summed E-state index contributed by atoms with van der Waals surface area (Å²) in [4.78, 5) is 0. The smallest absolute Gasteiger partial charge is 0.124 e. The summed E-state index contributed by atoms with van der Waals surface area (Å²) >= 11 is 0. The first-order chi connectivity index (χ1) is 7.86. The lowest BCUT2D eigenvalue weighted by molar-refractivity contribution is 0.327. The van der Waals surface area contributed by atoms with Gasteiger partial charge in [0.15, 0.2) is 0 Å². The van der Waals surface area contributed by atoms with Crippen molar-refractivity contribution < 1.29 is 4.74 Å². The molecule has 0 spiro atoms. The molecule has 1 aliphatic heterocycles. The molecule has 0 bridgehead atoms. The third kappa shape index (κ3) is 2.22. The van der Waals surface area contributed by atoms with Gasteiger partial charge in [-0.15, -0.1) is 0 Å². The van der Waals surface area contributed by atoms with Crippen LogP contribution in [0.3, 0.4) is 0 Å². The Balaban J connectivity index is 2.24. The molecule has 0 aliphatic carbocycles. The molecule has 2 rings (SSSR count). The summed E-state index contributed by atoms with van der Waals surface area (Å²) in [7, 11) is 0. The molecule has 16 heavy (non-hydrogen) atoms. The van der Waals surface area contributed by atoms with Gasteiger partial charge in [0.2, 0.25) is 0 Å². The fourth-order valence-corrected chi connectivity index (χ4v) is 2.59. The summed E-state index contributed by atoms with van der Waals surface area (Å²) in [5, 5.41) is 3.59. The van der Waals surface area contributed by atoms with Crippen LogP contribution in [-0.4, -0.2) is 13.2 Å². The highest BCUT2D eigenvalue weighted by atomic mass is 16.5. The number of benzene rings is 1. The third-order valence-electron chi connectivity index (χ3n) is 3.43. The van der Waals surface area contributed by atoms with Crippen LogP contribution in [0, 0.1) is 5.92 Å². The quantitative estimate of drug-likeness (QED) is 0.840. The van der Waals surface area contributed by atoms with Gasteiger partial charge in [-0.2, -0.15) is 0 Å². The minimum Gasteiger partial charge on any atom is -0.494 e. The van der Waals surface area contributed by atoms with Gasteiger partial charge in [-0.25, -0.2) is 0 Å². The van der Waals surface area contributed by atoms with E-state index in [0.29, 0.717) is 6.04 Å². The summed E-state index contributed by atoms with van der Waals surface area (Å²) < 4.78 is 5.70. The first-order valence-electron chi connectivity index (χ1n) is 6.32. The van der Waals surface area contributed by atoms with Crippen LogP contribution in [0.5, 0.6) is 5.75 Å². The van der Waals surface area contributed by atoms with E-state index in [1.165, 1.54) is 18.4 Å². The lowest BCUT2D eigenvalue weighted by atomic mass is 9.91. The van der Waals surface area contributed by atoms with Crippen molar-refractivity contribution in [1.29, 1.82) is 0 Å². The summed E-state index contributed by atoms with van der Waals surface area (Å²) in [6, 6.07) is 8.89. The maximum atomic E-state index is 5.70. The van der Waals surface area contributed by atoms with Crippen LogP contribution in [-0.2, 0) is 0 Å². The molecule has 2 atom stereocenters. The molecule has 1 heterocycles. The average molecular weight is 219 g/mol. The van der Waals surface area contributed by atoms with E-state index in [9.17, 15) is 0 Å². The van der Waals surface area contributed by atoms with Gasteiger partial charge in [-0.1, -0.05) is 31.5 Å². The highest BCUT2D eigenvalue weighted by Gasteiger charge is 2.28. The zero-order valence-electron chi connectivity index (χ0n) is 10.2. The molecule has 0 aromatic heterocycles. The Morgan fingerprint density at radius 3 is 2.88 bits per heavy atom. The van der Waals surface area contributed by atoms with Crippen LogP contribution in [0.15, 0.2) is 24.3 Å². The monoisotopic (exact) mass is 219 g/mol. The van der Waals surface area contributed by atoms with Crippen LogP contribution in [0.2, 0.25) is 0 Å². The van der Waals surface area contributed by atoms with E-state index in [0.717, 1.165) is 24.8 Å². The Kier molecular flexibility index (Phi) is 3.83. The van der Waals surface area contributed by atoms with Crippen molar-refractivity contribution in [2.24, 2.45) is 5.92 Å². The van der Waals surface area contributed by atoms with Crippen molar-refractivity contribution >= 4 is 0 Å². The van der Waals surface area contributed by atoms with Crippen molar-refractivity contribution in [1.82, 2.24) is 5.32 Å². The molecule has 0 unspecified atom stereocenters. The molecule has 1 aromatic carbocycles. The van der Waals surface area contributed by atoms with E-state index in [-0.39, 0.29) is 0 Å². The standard InChI is InChI=1S/C14H21NO/c1-3-11-9-10-15-14(11)12-7-5-6-8-13(12)16-4-2/h5-8,11,14-15H,3-4,9-10H2,1-2H3/t11-,14+/m0/s1. The van der Waals surface area contributed by atoms with Gasteiger partial charge in [0.25, 0.3) is 0 Å². The maximum absolute atomic E-state index is 5.70. The summed E-state index contributed by atoms with van der Waals surface area (Å²) in [6.45, 7) is 6.17. The van der Waals surface area contributed by atoms with Gasteiger partial charge in [0.05, 0.1) is 6.61 Å². The zero-order valence-corrected chi connectivity index (χ0v) is 10.2. The van der Waals surface area contributed by atoms with Crippen molar-refractivity contribution in [2.45, 2.75) is 32.7 Å². The first-order valence-corrected chi connectivity index (χ1v) is 6.32. The highest BCUT2D eigenvalue weighted by molar-refractivity contribution is 5.36. The van der Waals surface area contributed by atoms with Crippen LogP contribution < -0.4 is 10.1 Å². The minimum absolute atomic E-state index is 0.479. The summed E-state index contributed by atoms with van der Waals surface area (Å²) in [5.74, 6) is 1.80. The van der Waals surface area contributed by atoms with Crippen LogP contribution >= 0.6 is 0 Å². The molecule has 1 fully saturated rings. The van der Waals surface area contributed by atoms with Gasteiger partial charge < -0.3 is 10.1 Å². The van der Waals surface area contributed by atoms with E-state index in [2.05, 4.69) is 30.4 Å². The second kappa shape index (κ2) is 5.35. The molecule has 0 radical (unpaired) electrons. The average Bonchev–Trinajstić information content (AvgIpc) is 2.78. The SMILES string of the molecule is CCOc1ccccc1[C@@H]1NCC[C@@H]1CC. The van der Waals surface area contributed by atoms with Gasteiger partial charge in [-0.05, 0) is 31.9 Å². The molecule has 1 aromatic rings. The summed E-state index contributed by atoms with van der Waals surface area (Å²) in [6.07, 6.45) is 2.51. The lowest BCUT2D eigenvalue weighted by Crippen LogP contribution is -2.18. The second-order valence-corrected chi connectivity index (χ2v) is 4.36. The third-order valence-corrected chi connectivity index (χ3v) is 3.43. The normalized spacial score (nSPS) is 24.6. The Hall–Kier alpha value is -1.02. The molecular formula is C14H21NO. The topological polar surface area (TPSA) is 21.3 Å². The molecule has 1 N–H and O–H groups in total. The largest absolute Gasteiger partial charge is 0.494 e. The number of para-hydroxylation sites is 1. The predicted molar refractivity (Wildman–Crippen MR) is 66.8 cm³/mol. The van der Waals surface area contributed by atoms with Crippen molar-refractivity contribution in [3.63, 3.8) is 0 Å². The van der Waals surface area contributed by atoms with Crippen molar-refractivity contribution in [3.8, 4) is 5.75 Å². The summed E-state index contributed by atoms with van der Waals surface area (Å²) in [5.41, 5.74) is 1.33. The number of hydrogen-bond acceptors (Lipinski definition) is 2. The van der Waals surface area contributed by atoms with Crippen molar-refractivity contribution in [2.75, 3.05) is 13.2 Å². The van der Waals surface area contributed by atoms with E-state index >= 15 is 0 Å². The molecule has 2 nitrogen and oxygen atoms in total. The second-order valence-electron chi connectivity index (χ2n) is 4.36. The number of ether oxygens (including phenoxy) is 1. The van der Waals surface area contributed by atoms with E-state index < -0.39 is 0 Å². The van der Waals surface area contributed by atoms with Crippen LogP contribution in [0.25, 0.3) is 0 Å². The minimum atomic E-state index is 0.479. The lowest BCUT2D eigenvalue weighted by Gasteiger charge is -2.21. The molecule has 1 saturated heterocycles. The van der Waals surface area contributed by atoms with Gasteiger partial charge >= 0.3 is 0 Å². The van der Waals surface area contributed by atoms with E-state index in [4.69, 9.17) is 4.74 Å². The predicted octanol–water partition coefficient (Wildman–Crippen LogP) is 3.15. The molecular weight excluding hydrogens is 198 g/mol. The number of nitrogens with one attached hydrogen (secondary N) is 1. The number of hydrogen-bond donors (Lipinski definition) is 1. The van der Waals surface area contributed by atoms with E-state index in [1.54, 1.807) is 0 Å². The van der Waals surface area contributed by atoms with Crippen molar-refractivity contribution in [3.05, 3.63) is 29.8 Å². The van der Waals surface area contributed by atoms with E-state index in [1.807, 2.05) is 13.0 Å².